The lowest BCUT2D eigenvalue weighted by Gasteiger charge is -2.06. The van der Waals surface area contributed by atoms with Crippen molar-refractivity contribution in [1.82, 2.24) is 9.97 Å². The third-order valence-corrected chi connectivity index (χ3v) is 2.21. The maximum absolute atomic E-state index is 12.9. The molecule has 0 spiro atoms. The van der Waals surface area contributed by atoms with Crippen molar-refractivity contribution in [1.29, 1.82) is 0 Å². The molecule has 5 heteroatoms. The van der Waals surface area contributed by atoms with Gasteiger partial charge in [0.15, 0.2) is 0 Å². The maximum atomic E-state index is 12.9. The summed E-state index contributed by atoms with van der Waals surface area (Å²) in [6.07, 6.45) is 4.44. The van der Waals surface area contributed by atoms with Gasteiger partial charge in [-0.1, -0.05) is 6.07 Å². The summed E-state index contributed by atoms with van der Waals surface area (Å²) in [5.74, 6) is 0.212. The fourth-order valence-corrected chi connectivity index (χ4v) is 1.35. The third kappa shape index (κ3) is 3.14. The number of hydrogen-bond acceptors (Lipinski definition) is 4. The Kier molecular flexibility index (Phi) is 3.49. The smallest absolute Gasteiger partial charge is 0.212 e. The van der Waals surface area contributed by atoms with Crippen LogP contribution >= 0.6 is 0 Å². The SMILES string of the molecule is COc1ccc(CNc2cncc(F)c2)cn1. The first-order chi connectivity index (χ1) is 8.28. The van der Waals surface area contributed by atoms with Gasteiger partial charge >= 0.3 is 0 Å². The minimum atomic E-state index is -0.358. The highest BCUT2D eigenvalue weighted by Crippen LogP contribution is 2.10. The summed E-state index contributed by atoms with van der Waals surface area (Å²) in [7, 11) is 1.57. The van der Waals surface area contributed by atoms with Gasteiger partial charge in [0.05, 0.1) is 25.2 Å². The lowest BCUT2D eigenvalue weighted by atomic mass is 10.3. The van der Waals surface area contributed by atoms with Crippen molar-refractivity contribution < 1.29 is 9.13 Å². The van der Waals surface area contributed by atoms with Crippen LogP contribution in [-0.2, 0) is 6.54 Å². The van der Waals surface area contributed by atoms with Gasteiger partial charge in [-0.3, -0.25) is 4.98 Å². The molecule has 0 saturated heterocycles. The molecule has 0 aliphatic rings. The minimum Gasteiger partial charge on any atom is -0.481 e. The van der Waals surface area contributed by atoms with Crippen LogP contribution < -0.4 is 10.1 Å². The van der Waals surface area contributed by atoms with Crippen LogP contribution in [-0.4, -0.2) is 17.1 Å². The largest absolute Gasteiger partial charge is 0.481 e. The Morgan fingerprint density at radius 3 is 2.82 bits per heavy atom. The van der Waals surface area contributed by atoms with Gasteiger partial charge in [0.1, 0.15) is 5.82 Å². The molecule has 0 atom stereocenters. The molecule has 0 aliphatic heterocycles. The van der Waals surface area contributed by atoms with Gasteiger partial charge < -0.3 is 10.1 Å². The average Bonchev–Trinajstić information content (AvgIpc) is 2.37. The van der Waals surface area contributed by atoms with Gasteiger partial charge in [0, 0.05) is 24.9 Å². The number of rotatable bonds is 4. The van der Waals surface area contributed by atoms with E-state index in [1.54, 1.807) is 25.6 Å². The van der Waals surface area contributed by atoms with Gasteiger partial charge in [0.2, 0.25) is 5.88 Å². The van der Waals surface area contributed by atoms with Crippen LogP contribution in [0.4, 0.5) is 10.1 Å². The fourth-order valence-electron chi connectivity index (χ4n) is 1.35. The van der Waals surface area contributed by atoms with Gasteiger partial charge in [0.25, 0.3) is 0 Å². The predicted octanol–water partition coefficient (Wildman–Crippen LogP) is 2.24. The normalized spacial score (nSPS) is 10.0. The molecule has 2 aromatic heterocycles. The minimum absolute atomic E-state index is 0.358. The molecule has 2 aromatic rings. The first-order valence-electron chi connectivity index (χ1n) is 5.11. The number of pyridine rings is 2. The van der Waals surface area contributed by atoms with Crippen molar-refractivity contribution in [2.24, 2.45) is 0 Å². The molecule has 0 amide bonds. The second kappa shape index (κ2) is 5.25. The monoisotopic (exact) mass is 233 g/mol. The summed E-state index contributed by atoms with van der Waals surface area (Å²) in [6, 6.07) is 5.07. The van der Waals surface area contributed by atoms with Crippen molar-refractivity contribution in [3.63, 3.8) is 0 Å². The van der Waals surface area contributed by atoms with E-state index in [2.05, 4.69) is 15.3 Å². The van der Waals surface area contributed by atoms with Crippen molar-refractivity contribution in [3.05, 3.63) is 48.2 Å². The van der Waals surface area contributed by atoms with Gasteiger partial charge in [-0.05, 0) is 5.56 Å². The highest BCUT2D eigenvalue weighted by molar-refractivity contribution is 5.41. The van der Waals surface area contributed by atoms with Gasteiger partial charge in [-0.15, -0.1) is 0 Å². The quantitative estimate of drug-likeness (QED) is 0.879. The zero-order valence-corrected chi connectivity index (χ0v) is 9.35. The molecule has 2 rings (SSSR count). The van der Waals surface area contributed by atoms with E-state index in [1.807, 2.05) is 6.07 Å². The van der Waals surface area contributed by atoms with Crippen LogP contribution in [0.15, 0.2) is 36.8 Å². The van der Waals surface area contributed by atoms with Crippen LogP contribution in [0.5, 0.6) is 5.88 Å². The third-order valence-electron chi connectivity index (χ3n) is 2.21. The summed E-state index contributed by atoms with van der Waals surface area (Å²) < 4.78 is 17.8. The molecule has 0 bridgehead atoms. The number of nitrogens with one attached hydrogen (secondary N) is 1. The summed E-state index contributed by atoms with van der Waals surface area (Å²) in [5, 5.41) is 3.06. The molecule has 2 heterocycles. The molecule has 88 valence electrons. The molecule has 0 radical (unpaired) electrons. The van der Waals surface area contributed by atoms with Crippen LogP contribution in [0, 0.1) is 5.82 Å². The van der Waals surface area contributed by atoms with Crippen molar-refractivity contribution in [2.75, 3.05) is 12.4 Å². The number of methoxy groups -OCH3 is 1. The molecule has 0 aromatic carbocycles. The van der Waals surface area contributed by atoms with Crippen molar-refractivity contribution in [2.45, 2.75) is 6.54 Å². The van der Waals surface area contributed by atoms with Crippen LogP contribution in [0.3, 0.4) is 0 Å². The lowest BCUT2D eigenvalue weighted by molar-refractivity contribution is 0.397. The van der Waals surface area contributed by atoms with Crippen LogP contribution in [0.25, 0.3) is 0 Å². The molecule has 4 nitrogen and oxygen atoms in total. The number of anilines is 1. The highest BCUT2D eigenvalue weighted by Gasteiger charge is 1.98. The summed E-state index contributed by atoms with van der Waals surface area (Å²) in [4.78, 5) is 7.83. The Morgan fingerprint density at radius 2 is 2.18 bits per heavy atom. The van der Waals surface area contributed by atoms with E-state index in [0.29, 0.717) is 18.1 Å². The second-order valence-electron chi connectivity index (χ2n) is 3.45. The predicted molar refractivity (Wildman–Crippen MR) is 62.3 cm³/mol. The lowest BCUT2D eigenvalue weighted by Crippen LogP contribution is -2.01. The molecule has 0 unspecified atom stereocenters. The molecule has 0 saturated carbocycles. The molecular weight excluding hydrogens is 221 g/mol. The zero-order chi connectivity index (χ0) is 12.1. The molecule has 17 heavy (non-hydrogen) atoms. The molecule has 0 aliphatic carbocycles. The first-order valence-corrected chi connectivity index (χ1v) is 5.11. The van der Waals surface area contributed by atoms with Crippen molar-refractivity contribution in [3.8, 4) is 5.88 Å². The fraction of sp³-hybridized carbons (Fsp3) is 0.167. The Bertz CT molecular complexity index is 487. The van der Waals surface area contributed by atoms with E-state index in [0.717, 1.165) is 5.56 Å². The Hall–Kier alpha value is -2.17. The maximum Gasteiger partial charge on any atom is 0.212 e. The van der Waals surface area contributed by atoms with Crippen LogP contribution in [0.1, 0.15) is 5.56 Å². The van der Waals surface area contributed by atoms with E-state index < -0.39 is 0 Å². The van der Waals surface area contributed by atoms with E-state index in [9.17, 15) is 4.39 Å². The number of hydrogen-bond donors (Lipinski definition) is 1. The summed E-state index contributed by atoms with van der Waals surface area (Å²) in [6.45, 7) is 0.558. The van der Waals surface area contributed by atoms with E-state index in [4.69, 9.17) is 4.74 Å². The second-order valence-corrected chi connectivity index (χ2v) is 3.45. The average molecular weight is 233 g/mol. The van der Waals surface area contributed by atoms with Crippen molar-refractivity contribution >= 4 is 5.69 Å². The van der Waals surface area contributed by atoms with Gasteiger partial charge in [-0.25, -0.2) is 9.37 Å². The number of ether oxygens (including phenoxy) is 1. The number of aromatic nitrogens is 2. The number of nitrogens with zero attached hydrogens (tertiary/aromatic N) is 2. The Morgan fingerprint density at radius 1 is 1.29 bits per heavy atom. The standard InChI is InChI=1S/C12H12FN3O/c1-17-12-3-2-9(6-16-12)5-15-11-4-10(13)7-14-8-11/h2-4,6-8,15H,5H2,1H3. The molecular formula is C12H12FN3O. The van der Waals surface area contributed by atoms with E-state index in [-0.39, 0.29) is 5.82 Å². The van der Waals surface area contributed by atoms with E-state index in [1.165, 1.54) is 12.3 Å². The van der Waals surface area contributed by atoms with Gasteiger partial charge in [-0.2, -0.15) is 0 Å². The van der Waals surface area contributed by atoms with E-state index >= 15 is 0 Å². The molecule has 0 fully saturated rings. The Labute approximate surface area is 98.5 Å². The highest BCUT2D eigenvalue weighted by atomic mass is 19.1. The van der Waals surface area contributed by atoms with Crippen LogP contribution in [0.2, 0.25) is 0 Å². The topological polar surface area (TPSA) is 47.0 Å². The summed E-state index contributed by atoms with van der Waals surface area (Å²) >= 11 is 0. The summed E-state index contributed by atoms with van der Waals surface area (Å²) in [5.41, 5.74) is 1.62. The number of halogens is 1. The zero-order valence-electron chi connectivity index (χ0n) is 9.35. The Balaban J connectivity index is 1.97. The molecule has 1 N–H and O–H groups in total. The first kappa shape index (κ1) is 11.3.